The maximum Gasteiger partial charge on any atom is 0.188 e. The van der Waals surface area contributed by atoms with Gasteiger partial charge in [0.2, 0.25) is 0 Å². The summed E-state index contributed by atoms with van der Waals surface area (Å²) in [6.07, 6.45) is 14.5. The fraction of sp³-hybridized carbons (Fsp3) is 0.786. The van der Waals surface area contributed by atoms with Crippen molar-refractivity contribution in [1.82, 2.24) is 14.7 Å². The van der Waals surface area contributed by atoms with Crippen LogP contribution in [0.3, 0.4) is 0 Å². The molecule has 0 aromatic rings. The molecule has 0 bridgehead atoms. The lowest BCUT2D eigenvalue weighted by atomic mass is 9.97. The fourth-order valence-corrected chi connectivity index (χ4v) is 5.09. The summed E-state index contributed by atoms with van der Waals surface area (Å²) in [6, 6.07) is 0.324. The third-order valence-corrected chi connectivity index (χ3v) is 7.59. The lowest BCUT2D eigenvalue weighted by Crippen LogP contribution is -2.42. The lowest BCUT2D eigenvalue weighted by molar-refractivity contribution is -0.102. The van der Waals surface area contributed by atoms with Crippen LogP contribution in [0.25, 0.3) is 0 Å². The van der Waals surface area contributed by atoms with E-state index in [1.165, 1.54) is 90.6 Å². The molecule has 3 fully saturated rings. The molecule has 4 aliphatic heterocycles. The monoisotopic (exact) mass is 503 g/mol. The van der Waals surface area contributed by atoms with E-state index in [2.05, 4.69) is 31.3 Å². The average molecular weight is 504 g/mol. The van der Waals surface area contributed by atoms with Gasteiger partial charge in [0.1, 0.15) is 6.04 Å². The van der Waals surface area contributed by atoms with Crippen LogP contribution in [0.5, 0.6) is 0 Å². The van der Waals surface area contributed by atoms with Crippen LogP contribution < -0.4 is 5.73 Å². The van der Waals surface area contributed by atoms with Gasteiger partial charge in [0.15, 0.2) is 12.1 Å². The van der Waals surface area contributed by atoms with E-state index in [0.29, 0.717) is 19.0 Å². The number of hydrogen-bond donors (Lipinski definition) is 1. The first-order valence-electron chi connectivity index (χ1n) is 13.8. The van der Waals surface area contributed by atoms with E-state index in [1.807, 2.05) is 13.0 Å². The van der Waals surface area contributed by atoms with Gasteiger partial charge in [-0.15, -0.1) is 6.58 Å². The van der Waals surface area contributed by atoms with Crippen LogP contribution in [0.2, 0.25) is 0 Å². The fourth-order valence-electron chi connectivity index (χ4n) is 5.09. The summed E-state index contributed by atoms with van der Waals surface area (Å²) in [5.74, 6) is 0.372. The molecule has 0 aromatic carbocycles. The van der Waals surface area contributed by atoms with Crippen LogP contribution in [0, 0.1) is 5.92 Å². The SMILES string of the molecule is C.C=CC(C)C1N=C(C=O)N=C/C1=N/CN1CCCCCC1.NC1CCN(CCN2CCCC2)CC1.[HH]. The third-order valence-electron chi connectivity index (χ3n) is 7.59. The minimum absolute atomic E-state index is 0. The summed E-state index contributed by atoms with van der Waals surface area (Å²) in [7, 11) is 0. The molecule has 0 aromatic heterocycles. The summed E-state index contributed by atoms with van der Waals surface area (Å²) in [6.45, 7) is 16.4. The Kier molecular flexibility index (Phi) is 14.3. The Hall–Kier alpha value is -1.74. The molecule has 4 aliphatic rings. The Morgan fingerprint density at radius 1 is 1.03 bits per heavy atom. The van der Waals surface area contributed by atoms with Gasteiger partial charge in [-0.3, -0.25) is 19.7 Å². The second kappa shape index (κ2) is 16.9. The van der Waals surface area contributed by atoms with Crippen molar-refractivity contribution in [1.29, 1.82) is 0 Å². The molecule has 0 radical (unpaired) electrons. The normalized spacial score (nSPS) is 26.3. The predicted molar refractivity (Wildman–Crippen MR) is 156 cm³/mol. The van der Waals surface area contributed by atoms with Gasteiger partial charge in [0.25, 0.3) is 0 Å². The first kappa shape index (κ1) is 30.5. The van der Waals surface area contributed by atoms with Gasteiger partial charge in [0.05, 0.1) is 18.6 Å². The van der Waals surface area contributed by atoms with Gasteiger partial charge >= 0.3 is 0 Å². The quantitative estimate of drug-likeness (QED) is 0.404. The molecule has 0 aliphatic carbocycles. The maximum absolute atomic E-state index is 10.8. The topological polar surface area (TPSA) is 89.9 Å². The summed E-state index contributed by atoms with van der Waals surface area (Å²) in [5.41, 5.74) is 6.72. The zero-order valence-electron chi connectivity index (χ0n) is 21.9. The second-order valence-corrected chi connectivity index (χ2v) is 10.4. The number of nitrogens with two attached hydrogens (primary N) is 1. The second-order valence-electron chi connectivity index (χ2n) is 10.4. The van der Waals surface area contributed by atoms with E-state index in [4.69, 9.17) is 10.7 Å². The van der Waals surface area contributed by atoms with E-state index in [1.54, 1.807) is 6.21 Å². The van der Waals surface area contributed by atoms with Crippen molar-refractivity contribution in [3.8, 4) is 0 Å². The zero-order chi connectivity index (χ0) is 24.9. The van der Waals surface area contributed by atoms with E-state index < -0.39 is 0 Å². The van der Waals surface area contributed by atoms with Gasteiger partial charge in [-0.2, -0.15) is 0 Å². The minimum atomic E-state index is -0.146. The summed E-state index contributed by atoms with van der Waals surface area (Å²) in [5, 5.41) is 0. The molecule has 0 amide bonds. The number of rotatable bonds is 8. The predicted octanol–water partition coefficient (Wildman–Crippen LogP) is 3.52. The van der Waals surface area contributed by atoms with Gasteiger partial charge in [-0.05, 0) is 77.8 Å². The Morgan fingerprint density at radius 3 is 2.17 bits per heavy atom. The lowest BCUT2D eigenvalue weighted by Gasteiger charge is -2.31. The van der Waals surface area contributed by atoms with E-state index in [9.17, 15) is 4.79 Å². The maximum atomic E-state index is 10.8. The standard InChI is InChI=1S/C16H24N4O.C11H23N3.CH4.H2/c1-3-13(2)16-14(10-17-15(11-21)19-16)18-12-20-8-6-4-5-7-9-20;12-11-3-7-14(8-4-11)10-9-13-5-1-2-6-13;;/h3,10-11,13,16H,1,4-9,12H2,2H3;11H,1-10,12H2;1H4;1H/b18-14-;;;. The number of nitrogens with zero attached hydrogens (tertiary/aromatic N) is 6. The Labute approximate surface area is 221 Å². The molecule has 8 nitrogen and oxygen atoms in total. The van der Waals surface area contributed by atoms with Gasteiger partial charge in [-0.25, -0.2) is 4.99 Å². The van der Waals surface area contributed by atoms with Gasteiger partial charge < -0.3 is 15.5 Å². The summed E-state index contributed by atoms with van der Waals surface area (Å²) >= 11 is 0. The number of aliphatic imine (C=N–C) groups is 3. The molecule has 8 heteroatoms. The Balaban J connectivity index is 0.000000375. The number of aldehydes is 1. The largest absolute Gasteiger partial charge is 0.328 e. The number of amidine groups is 1. The summed E-state index contributed by atoms with van der Waals surface area (Å²) in [4.78, 5) is 31.5. The smallest absolute Gasteiger partial charge is 0.188 e. The molecule has 206 valence electrons. The van der Waals surface area contributed by atoms with Crippen LogP contribution in [0.4, 0.5) is 0 Å². The van der Waals surface area contributed by atoms with Crippen molar-refractivity contribution in [3.63, 3.8) is 0 Å². The van der Waals surface area contributed by atoms with E-state index >= 15 is 0 Å². The summed E-state index contributed by atoms with van der Waals surface area (Å²) < 4.78 is 0. The van der Waals surface area contributed by atoms with Gasteiger partial charge in [0, 0.05) is 26.5 Å². The van der Waals surface area contributed by atoms with Crippen molar-refractivity contribution >= 4 is 24.0 Å². The van der Waals surface area contributed by atoms with E-state index in [0.717, 1.165) is 18.8 Å². The number of likely N-dealkylation sites (tertiary alicyclic amines) is 3. The van der Waals surface area contributed by atoms with Crippen molar-refractivity contribution in [3.05, 3.63) is 12.7 Å². The Bertz CT molecular complexity index is 735. The molecule has 36 heavy (non-hydrogen) atoms. The highest BCUT2D eigenvalue weighted by Crippen LogP contribution is 2.15. The molecule has 3 saturated heterocycles. The number of piperidine rings is 1. The minimum Gasteiger partial charge on any atom is -0.328 e. The molecule has 0 saturated carbocycles. The van der Waals surface area contributed by atoms with Crippen molar-refractivity contribution < 1.29 is 6.22 Å². The zero-order valence-corrected chi connectivity index (χ0v) is 21.9. The molecular formula is C28H53N7O. The average Bonchev–Trinajstić information content (AvgIpc) is 3.28. The van der Waals surface area contributed by atoms with Crippen molar-refractivity contribution in [2.75, 3.05) is 59.0 Å². The molecule has 2 unspecified atom stereocenters. The van der Waals surface area contributed by atoms with Crippen LogP contribution in [0.1, 0.15) is 67.1 Å². The van der Waals surface area contributed by atoms with E-state index in [-0.39, 0.29) is 26.6 Å². The van der Waals surface area contributed by atoms with Crippen LogP contribution in [-0.2, 0) is 4.79 Å². The third kappa shape index (κ3) is 10.3. The highest BCUT2D eigenvalue weighted by molar-refractivity contribution is 6.41. The molecule has 2 N–H and O–H groups in total. The molecular weight excluding hydrogens is 450 g/mol. The van der Waals surface area contributed by atoms with Crippen molar-refractivity contribution in [2.24, 2.45) is 26.6 Å². The highest BCUT2D eigenvalue weighted by Gasteiger charge is 2.23. The molecule has 4 heterocycles. The molecule has 2 atom stereocenters. The van der Waals surface area contributed by atoms with Crippen LogP contribution in [0.15, 0.2) is 27.6 Å². The Morgan fingerprint density at radius 2 is 1.58 bits per heavy atom. The highest BCUT2D eigenvalue weighted by atomic mass is 16.1. The molecule has 4 rings (SSSR count). The van der Waals surface area contributed by atoms with Crippen LogP contribution >= 0.6 is 0 Å². The van der Waals surface area contributed by atoms with Gasteiger partial charge in [-0.1, -0.05) is 33.3 Å². The number of hydrogen-bond acceptors (Lipinski definition) is 8. The number of carbonyl (C=O) groups is 1. The first-order chi connectivity index (χ1) is 17.1. The number of carbonyl (C=O) groups excluding carboxylic acids is 1. The first-order valence-corrected chi connectivity index (χ1v) is 13.8. The molecule has 0 spiro atoms. The van der Waals surface area contributed by atoms with Crippen LogP contribution in [-0.4, -0.2) is 110 Å². The van der Waals surface area contributed by atoms with Crippen molar-refractivity contribution in [2.45, 2.75) is 77.8 Å².